The Bertz CT molecular complexity index is 477. The van der Waals surface area contributed by atoms with Crippen LogP contribution in [0.15, 0.2) is 24.3 Å². The van der Waals surface area contributed by atoms with E-state index >= 15 is 0 Å². The van der Waals surface area contributed by atoms with Crippen molar-refractivity contribution >= 4 is 10.9 Å². The van der Waals surface area contributed by atoms with Gasteiger partial charge in [0.25, 0.3) is 0 Å². The molecule has 2 rings (SSSR count). The molecule has 0 fully saturated rings. The quantitative estimate of drug-likeness (QED) is 0.712. The lowest BCUT2D eigenvalue weighted by atomic mass is 9.92. The number of aromatic nitrogens is 1. The average molecular weight is 203 g/mol. The van der Waals surface area contributed by atoms with Crippen LogP contribution in [0, 0.1) is 0 Å². The lowest BCUT2D eigenvalue weighted by Gasteiger charge is -2.15. The van der Waals surface area contributed by atoms with Crippen LogP contribution < -0.4 is 0 Å². The van der Waals surface area contributed by atoms with E-state index in [-0.39, 0.29) is 6.84 Å². The molecular formula is C14H21N. The Hall–Kier alpha value is -1.24. The van der Waals surface area contributed by atoms with E-state index in [1.807, 2.05) is 0 Å². The first-order valence-corrected chi connectivity index (χ1v) is 5.63. The van der Waals surface area contributed by atoms with Crippen LogP contribution in [0.25, 0.3) is 10.9 Å². The minimum absolute atomic E-state index is 0. The molecule has 1 aromatic carbocycles. The van der Waals surface area contributed by atoms with Gasteiger partial charge in [-0.2, -0.15) is 0 Å². The van der Waals surface area contributed by atoms with Crippen LogP contribution in [0.3, 0.4) is 0 Å². The normalized spacial score (nSPS) is 12.3. The van der Waals surface area contributed by atoms with E-state index in [1.165, 1.54) is 22.2 Å². The van der Waals surface area contributed by atoms with Crippen molar-refractivity contribution in [3.8, 4) is 0 Å². The standard InChI is InChI=1S/C14H19N.H2/c1-5-10-6-7-11-9-13(14(2,3)4)15-12(11)8-10;/h6-9,15H,5H2,1-4H3;1H. The molecule has 15 heavy (non-hydrogen) atoms. The van der Waals surface area contributed by atoms with Crippen molar-refractivity contribution in [2.24, 2.45) is 0 Å². The van der Waals surface area contributed by atoms with E-state index in [0.29, 0.717) is 0 Å². The first kappa shape index (κ1) is 10.3. The molecule has 0 unspecified atom stereocenters. The molecule has 0 aliphatic rings. The van der Waals surface area contributed by atoms with Gasteiger partial charge in [0.15, 0.2) is 0 Å². The highest BCUT2D eigenvalue weighted by molar-refractivity contribution is 5.81. The molecule has 0 amide bonds. The van der Waals surface area contributed by atoms with Gasteiger partial charge in [0.05, 0.1) is 0 Å². The molecule has 82 valence electrons. The summed E-state index contributed by atoms with van der Waals surface area (Å²) in [6, 6.07) is 8.93. The van der Waals surface area contributed by atoms with Crippen LogP contribution in [-0.4, -0.2) is 4.98 Å². The minimum Gasteiger partial charge on any atom is -0.358 e. The molecule has 1 N–H and O–H groups in total. The third-order valence-electron chi connectivity index (χ3n) is 2.90. The third-order valence-corrected chi connectivity index (χ3v) is 2.90. The molecule has 0 aliphatic carbocycles. The summed E-state index contributed by atoms with van der Waals surface area (Å²) in [5, 5.41) is 1.32. The second-order valence-corrected chi connectivity index (χ2v) is 5.21. The van der Waals surface area contributed by atoms with Crippen molar-refractivity contribution in [2.75, 3.05) is 0 Å². The number of hydrogen-bond donors (Lipinski definition) is 1. The van der Waals surface area contributed by atoms with Gasteiger partial charge in [0.1, 0.15) is 0 Å². The highest BCUT2D eigenvalue weighted by Crippen LogP contribution is 2.26. The van der Waals surface area contributed by atoms with Gasteiger partial charge in [-0.05, 0) is 29.5 Å². The SMILES string of the molecule is CCc1ccc2cc(C(C)(C)C)[nH]c2c1.[HH]. The average Bonchev–Trinajstić information content (AvgIpc) is 2.59. The topological polar surface area (TPSA) is 15.8 Å². The highest BCUT2D eigenvalue weighted by Gasteiger charge is 2.15. The van der Waals surface area contributed by atoms with Gasteiger partial charge in [0.2, 0.25) is 0 Å². The highest BCUT2D eigenvalue weighted by atomic mass is 14.7. The number of fused-ring (bicyclic) bond motifs is 1. The van der Waals surface area contributed by atoms with Gasteiger partial charge in [-0.25, -0.2) is 0 Å². The Morgan fingerprint density at radius 3 is 2.53 bits per heavy atom. The van der Waals surface area contributed by atoms with Crippen LogP contribution in [0.4, 0.5) is 0 Å². The monoisotopic (exact) mass is 203 g/mol. The Kier molecular flexibility index (Phi) is 2.34. The summed E-state index contributed by atoms with van der Waals surface area (Å²) >= 11 is 0. The van der Waals surface area contributed by atoms with Crippen molar-refractivity contribution in [1.82, 2.24) is 4.98 Å². The number of aryl methyl sites for hydroxylation is 1. The molecule has 1 nitrogen and oxygen atoms in total. The van der Waals surface area contributed by atoms with Crippen molar-refractivity contribution in [1.29, 1.82) is 0 Å². The Morgan fingerprint density at radius 1 is 1.20 bits per heavy atom. The van der Waals surface area contributed by atoms with Crippen molar-refractivity contribution < 1.29 is 1.43 Å². The Morgan fingerprint density at radius 2 is 1.93 bits per heavy atom. The van der Waals surface area contributed by atoms with E-state index in [2.05, 4.69) is 56.9 Å². The third kappa shape index (κ3) is 1.92. The maximum absolute atomic E-state index is 3.51. The fourth-order valence-corrected chi connectivity index (χ4v) is 1.80. The zero-order chi connectivity index (χ0) is 11.1. The summed E-state index contributed by atoms with van der Waals surface area (Å²) in [6.45, 7) is 8.89. The maximum Gasteiger partial charge on any atom is 0.0458 e. The predicted octanol–water partition coefficient (Wildman–Crippen LogP) is 4.27. The molecule has 0 aliphatic heterocycles. The summed E-state index contributed by atoms with van der Waals surface area (Å²) in [4.78, 5) is 3.51. The summed E-state index contributed by atoms with van der Waals surface area (Å²) in [5.74, 6) is 0. The van der Waals surface area contributed by atoms with Crippen LogP contribution in [0.2, 0.25) is 0 Å². The second-order valence-electron chi connectivity index (χ2n) is 5.21. The van der Waals surface area contributed by atoms with E-state index in [4.69, 9.17) is 0 Å². The molecule has 1 heterocycles. The van der Waals surface area contributed by atoms with E-state index in [1.54, 1.807) is 0 Å². The molecule has 0 atom stereocenters. The zero-order valence-electron chi connectivity index (χ0n) is 10.0. The molecule has 0 bridgehead atoms. The minimum atomic E-state index is 0. The summed E-state index contributed by atoms with van der Waals surface area (Å²) in [6.07, 6.45) is 1.10. The summed E-state index contributed by atoms with van der Waals surface area (Å²) in [5.41, 5.74) is 4.17. The molecule has 1 heteroatoms. The molecule has 2 aromatic rings. The van der Waals surface area contributed by atoms with Crippen LogP contribution in [0.5, 0.6) is 0 Å². The van der Waals surface area contributed by atoms with Gasteiger partial charge in [-0.15, -0.1) is 0 Å². The van der Waals surface area contributed by atoms with Crippen LogP contribution >= 0.6 is 0 Å². The van der Waals surface area contributed by atoms with Crippen LogP contribution in [0.1, 0.15) is 40.4 Å². The van der Waals surface area contributed by atoms with Crippen LogP contribution in [-0.2, 0) is 11.8 Å². The van der Waals surface area contributed by atoms with Gasteiger partial charge in [-0.1, -0.05) is 39.8 Å². The number of H-pyrrole nitrogens is 1. The zero-order valence-corrected chi connectivity index (χ0v) is 10.0. The van der Waals surface area contributed by atoms with E-state index < -0.39 is 0 Å². The Balaban J connectivity index is 0.00000128. The largest absolute Gasteiger partial charge is 0.358 e. The van der Waals surface area contributed by atoms with Gasteiger partial charge < -0.3 is 4.98 Å². The second kappa shape index (κ2) is 3.41. The first-order chi connectivity index (χ1) is 7.00. The molecule has 0 saturated heterocycles. The smallest absolute Gasteiger partial charge is 0.0458 e. The molecule has 0 radical (unpaired) electrons. The molecular weight excluding hydrogens is 182 g/mol. The Labute approximate surface area is 93.0 Å². The van der Waals surface area contributed by atoms with Gasteiger partial charge in [-0.3, -0.25) is 0 Å². The van der Waals surface area contributed by atoms with Crippen molar-refractivity contribution in [2.45, 2.75) is 39.5 Å². The van der Waals surface area contributed by atoms with Gasteiger partial charge in [0, 0.05) is 18.1 Å². The van der Waals surface area contributed by atoms with E-state index in [0.717, 1.165) is 6.42 Å². The lowest BCUT2D eigenvalue weighted by molar-refractivity contribution is 0.574. The summed E-state index contributed by atoms with van der Waals surface area (Å²) < 4.78 is 0. The molecule has 1 aromatic heterocycles. The number of rotatable bonds is 1. The number of benzene rings is 1. The first-order valence-electron chi connectivity index (χ1n) is 5.63. The lowest BCUT2D eigenvalue weighted by Crippen LogP contribution is -2.10. The predicted molar refractivity (Wildman–Crippen MR) is 68.5 cm³/mol. The van der Waals surface area contributed by atoms with Crippen molar-refractivity contribution in [3.63, 3.8) is 0 Å². The maximum atomic E-state index is 3.51. The van der Waals surface area contributed by atoms with E-state index in [9.17, 15) is 0 Å². The molecule has 0 spiro atoms. The number of aromatic amines is 1. The fourth-order valence-electron chi connectivity index (χ4n) is 1.80. The number of nitrogens with one attached hydrogen (secondary N) is 1. The van der Waals surface area contributed by atoms with Crippen molar-refractivity contribution in [3.05, 3.63) is 35.5 Å². The fraction of sp³-hybridized carbons (Fsp3) is 0.429. The van der Waals surface area contributed by atoms with Gasteiger partial charge >= 0.3 is 0 Å². The molecule has 0 saturated carbocycles. The number of hydrogen-bond acceptors (Lipinski definition) is 0. The summed E-state index contributed by atoms with van der Waals surface area (Å²) in [7, 11) is 0.